The quantitative estimate of drug-likeness (QED) is 0.847. The van der Waals surface area contributed by atoms with Crippen molar-refractivity contribution >= 4 is 28.3 Å². The van der Waals surface area contributed by atoms with Crippen LogP contribution in [-0.4, -0.2) is 33.8 Å². The Morgan fingerprint density at radius 2 is 2.25 bits per heavy atom. The second kappa shape index (κ2) is 5.16. The lowest BCUT2D eigenvalue weighted by molar-refractivity contribution is -0.140. The Morgan fingerprint density at radius 1 is 1.50 bits per heavy atom. The molecular formula is C14H19N3O2S. The van der Waals surface area contributed by atoms with Crippen LogP contribution >= 0.6 is 11.3 Å². The summed E-state index contributed by atoms with van der Waals surface area (Å²) in [6.07, 6.45) is 3.45. The predicted octanol–water partition coefficient (Wildman–Crippen LogP) is 2.36. The van der Waals surface area contributed by atoms with Gasteiger partial charge in [-0.15, -0.1) is 11.3 Å². The molecule has 2 unspecified atom stereocenters. The largest absolute Gasteiger partial charge is 0.349 e. The van der Waals surface area contributed by atoms with Crippen LogP contribution in [-0.2, 0) is 9.59 Å². The first-order valence-corrected chi connectivity index (χ1v) is 8.06. The minimum absolute atomic E-state index is 0.0277. The Kier molecular flexibility index (Phi) is 3.50. The number of hydrogen-bond donors (Lipinski definition) is 1. The molecule has 3 rings (SSSR count). The molecule has 0 spiro atoms. The van der Waals surface area contributed by atoms with Crippen molar-refractivity contribution in [3.8, 4) is 0 Å². The molecule has 5 nitrogen and oxygen atoms in total. The molecule has 2 fully saturated rings. The van der Waals surface area contributed by atoms with E-state index in [1.807, 2.05) is 19.2 Å². The highest BCUT2D eigenvalue weighted by atomic mass is 32.1. The molecule has 1 aliphatic carbocycles. The zero-order valence-electron chi connectivity index (χ0n) is 11.8. The average molecular weight is 293 g/mol. The summed E-state index contributed by atoms with van der Waals surface area (Å²) in [5.41, 5.74) is 1.12. The van der Waals surface area contributed by atoms with Crippen LogP contribution in [0, 0.1) is 0 Å². The van der Waals surface area contributed by atoms with Crippen LogP contribution in [0.4, 0.5) is 5.13 Å². The molecule has 108 valence electrons. The number of aromatic nitrogens is 1. The van der Waals surface area contributed by atoms with Gasteiger partial charge >= 0.3 is 0 Å². The Bertz CT molecular complexity index is 538. The monoisotopic (exact) mass is 293 g/mol. The first kappa shape index (κ1) is 13.5. The first-order valence-electron chi connectivity index (χ1n) is 7.18. The zero-order chi connectivity index (χ0) is 14.3. The number of imide groups is 1. The van der Waals surface area contributed by atoms with Gasteiger partial charge in [0.25, 0.3) is 5.91 Å². The van der Waals surface area contributed by atoms with E-state index in [4.69, 9.17) is 0 Å². The van der Waals surface area contributed by atoms with Crippen molar-refractivity contribution < 1.29 is 9.59 Å². The second-order valence-electron chi connectivity index (χ2n) is 5.61. The maximum absolute atomic E-state index is 12.3. The molecule has 2 aliphatic rings. The first-order chi connectivity index (χ1) is 9.60. The second-order valence-corrected chi connectivity index (χ2v) is 6.47. The number of nitrogens with one attached hydrogen (secondary N) is 1. The summed E-state index contributed by atoms with van der Waals surface area (Å²) < 4.78 is 0. The normalized spacial score (nSPS) is 24.3. The van der Waals surface area contributed by atoms with Gasteiger partial charge in [-0.2, -0.15) is 0 Å². The number of thiazole rings is 1. The highest BCUT2D eigenvalue weighted by Gasteiger charge is 2.41. The van der Waals surface area contributed by atoms with Gasteiger partial charge in [-0.1, -0.05) is 6.92 Å². The molecule has 1 aromatic heterocycles. The minimum atomic E-state index is -0.449. The van der Waals surface area contributed by atoms with Gasteiger partial charge in [-0.05, 0) is 26.2 Å². The van der Waals surface area contributed by atoms with Crippen molar-refractivity contribution in [1.29, 1.82) is 0 Å². The summed E-state index contributed by atoms with van der Waals surface area (Å²) in [5.74, 6) is 0.410. The van der Waals surface area contributed by atoms with E-state index in [2.05, 4.69) is 10.3 Å². The molecule has 0 aromatic carbocycles. The SMILES string of the molecule is CCC(C)N1C(=O)CC(Nc2nc(C3CC3)cs2)C1=O. The lowest BCUT2D eigenvalue weighted by atomic mass is 10.2. The van der Waals surface area contributed by atoms with Crippen LogP contribution in [0.25, 0.3) is 0 Å². The van der Waals surface area contributed by atoms with E-state index in [9.17, 15) is 9.59 Å². The van der Waals surface area contributed by atoms with Crippen molar-refractivity contribution in [2.45, 2.75) is 57.5 Å². The third-order valence-electron chi connectivity index (χ3n) is 4.03. The van der Waals surface area contributed by atoms with Crippen LogP contribution in [0.5, 0.6) is 0 Å². The van der Waals surface area contributed by atoms with Crippen molar-refractivity contribution in [3.63, 3.8) is 0 Å². The van der Waals surface area contributed by atoms with Crippen LogP contribution in [0.15, 0.2) is 5.38 Å². The lowest BCUT2D eigenvalue weighted by Gasteiger charge is -2.21. The summed E-state index contributed by atoms with van der Waals surface area (Å²) in [4.78, 5) is 30.2. The summed E-state index contributed by atoms with van der Waals surface area (Å²) in [6, 6.07) is -0.477. The molecule has 2 heterocycles. The van der Waals surface area contributed by atoms with Crippen LogP contribution < -0.4 is 5.32 Å². The third-order valence-corrected chi connectivity index (χ3v) is 4.82. The van der Waals surface area contributed by atoms with E-state index in [0.29, 0.717) is 5.92 Å². The van der Waals surface area contributed by atoms with E-state index in [1.165, 1.54) is 29.1 Å². The summed E-state index contributed by atoms with van der Waals surface area (Å²) in [7, 11) is 0. The predicted molar refractivity (Wildman–Crippen MR) is 77.7 cm³/mol. The highest BCUT2D eigenvalue weighted by Crippen LogP contribution is 2.41. The van der Waals surface area contributed by atoms with Crippen LogP contribution in [0.1, 0.15) is 51.1 Å². The Balaban J connectivity index is 1.68. The molecule has 20 heavy (non-hydrogen) atoms. The van der Waals surface area contributed by atoms with Gasteiger partial charge < -0.3 is 5.32 Å². The summed E-state index contributed by atoms with van der Waals surface area (Å²) in [6.45, 7) is 3.89. The number of likely N-dealkylation sites (tertiary alicyclic amines) is 1. The lowest BCUT2D eigenvalue weighted by Crippen LogP contribution is -2.40. The number of carbonyl (C=O) groups excluding carboxylic acids is 2. The molecule has 1 saturated carbocycles. The van der Waals surface area contributed by atoms with Crippen molar-refractivity contribution in [3.05, 3.63) is 11.1 Å². The molecule has 0 bridgehead atoms. The summed E-state index contributed by atoms with van der Waals surface area (Å²) in [5, 5.41) is 5.93. The molecule has 0 radical (unpaired) electrons. The van der Waals surface area contributed by atoms with Gasteiger partial charge in [0.15, 0.2) is 5.13 Å². The van der Waals surface area contributed by atoms with Crippen LogP contribution in [0.3, 0.4) is 0 Å². The van der Waals surface area contributed by atoms with Gasteiger partial charge in [0.1, 0.15) is 6.04 Å². The maximum Gasteiger partial charge on any atom is 0.252 e. The number of rotatable bonds is 5. The van der Waals surface area contributed by atoms with Gasteiger partial charge in [-0.3, -0.25) is 14.5 Å². The molecule has 1 aliphatic heterocycles. The fraction of sp³-hybridized carbons (Fsp3) is 0.643. The standard InChI is InChI=1S/C14H19N3O2S/c1-3-8(2)17-12(18)6-10(13(17)19)15-14-16-11(7-20-14)9-4-5-9/h7-10H,3-6H2,1-2H3,(H,15,16). The van der Waals surface area contributed by atoms with Gasteiger partial charge in [0.2, 0.25) is 5.91 Å². The third kappa shape index (κ3) is 2.44. The highest BCUT2D eigenvalue weighted by molar-refractivity contribution is 7.13. The number of hydrogen-bond acceptors (Lipinski definition) is 5. The number of carbonyl (C=O) groups is 2. The summed E-state index contributed by atoms with van der Waals surface area (Å²) >= 11 is 1.52. The molecule has 1 aromatic rings. The van der Waals surface area contributed by atoms with E-state index in [0.717, 1.165) is 17.2 Å². The molecule has 1 saturated heterocycles. The fourth-order valence-corrected chi connectivity index (χ4v) is 3.32. The Labute approximate surface area is 122 Å². The molecule has 2 amide bonds. The fourth-order valence-electron chi connectivity index (χ4n) is 2.48. The maximum atomic E-state index is 12.3. The van der Waals surface area contributed by atoms with Gasteiger partial charge in [0.05, 0.1) is 12.1 Å². The van der Waals surface area contributed by atoms with Crippen LogP contribution in [0.2, 0.25) is 0 Å². The zero-order valence-corrected chi connectivity index (χ0v) is 12.6. The Hall–Kier alpha value is -1.43. The van der Waals surface area contributed by atoms with Crippen molar-refractivity contribution in [1.82, 2.24) is 9.88 Å². The Morgan fingerprint density at radius 3 is 2.90 bits per heavy atom. The molecule has 2 atom stereocenters. The van der Waals surface area contributed by atoms with E-state index >= 15 is 0 Å². The van der Waals surface area contributed by atoms with Gasteiger partial charge in [0, 0.05) is 17.3 Å². The smallest absolute Gasteiger partial charge is 0.252 e. The van der Waals surface area contributed by atoms with E-state index in [1.54, 1.807) is 0 Å². The molecule has 6 heteroatoms. The molecular weight excluding hydrogens is 274 g/mol. The number of anilines is 1. The average Bonchev–Trinajstić information content (AvgIpc) is 3.11. The minimum Gasteiger partial charge on any atom is -0.349 e. The molecule has 1 N–H and O–H groups in total. The topological polar surface area (TPSA) is 62.3 Å². The number of amides is 2. The van der Waals surface area contributed by atoms with Crippen molar-refractivity contribution in [2.75, 3.05) is 5.32 Å². The number of nitrogens with zero attached hydrogens (tertiary/aromatic N) is 2. The van der Waals surface area contributed by atoms with E-state index in [-0.39, 0.29) is 24.3 Å². The van der Waals surface area contributed by atoms with Gasteiger partial charge in [-0.25, -0.2) is 4.98 Å². The van der Waals surface area contributed by atoms with Crippen molar-refractivity contribution in [2.24, 2.45) is 0 Å². The van der Waals surface area contributed by atoms with E-state index < -0.39 is 6.04 Å².